The average molecular weight is 181 g/mol. The summed E-state index contributed by atoms with van der Waals surface area (Å²) in [4.78, 5) is 14.6. The summed E-state index contributed by atoms with van der Waals surface area (Å²) in [6, 6.07) is 0.330. The molecule has 1 aliphatic rings. The molecule has 0 saturated carbocycles. The lowest BCUT2D eigenvalue weighted by atomic mass is 10.2. The van der Waals surface area contributed by atoms with Gasteiger partial charge in [-0.05, 0) is 13.3 Å². The highest BCUT2D eigenvalue weighted by atomic mass is 16.4. The first kappa shape index (κ1) is 8.10. The molecule has 70 valence electrons. The van der Waals surface area contributed by atoms with E-state index < -0.39 is 5.97 Å². The second kappa shape index (κ2) is 2.76. The third-order valence-electron chi connectivity index (χ3n) is 2.27. The fourth-order valence-corrected chi connectivity index (χ4v) is 1.50. The van der Waals surface area contributed by atoms with E-state index in [1.165, 1.54) is 0 Å². The second-order valence-electron chi connectivity index (χ2n) is 3.23. The Labute approximate surface area is 75.4 Å². The van der Waals surface area contributed by atoms with Crippen molar-refractivity contribution in [2.75, 3.05) is 11.9 Å². The number of hydrogen-bond donors (Lipinski definition) is 2. The number of aromatic carboxylic acids is 1. The topological polar surface area (TPSA) is 67.2 Å². The molecule has 1 aromatic heterocycles. The molecule has 13 heavy (non-hydrogen) atoms. The molecule has 1 unspecified atom stereocenters. The number of fused-ring (bicyclic) bond motifs is 1. The minimum Gasteiger partial charge on any atom is -0.476 e. The summed E-state index contributed by atoms with van der Waals surface area (Å²) in [6.45, 7) is 2.91. The van der Waals surface area contributed by atoms with Crippen molar-refractivity contribution in [2.45, 2.75) is 19.4 Å². The Balaban J connectivity index is 2.42. The normalized spacial score (nSPS) is 20.5. The zero-order chi connectivity index (χ0) is 9.42. The first-order valence-electron chi connectivity index (χ1n) is 4.24. The van der Waals surface area contributed by atoms with E-state index in [1.807, 2.05) is 4.57 Å². The average Bonchev–Trinajstić information content (AvgIpc) is 2.49. The monoisotopic (exact) mass is 181 g/mol. The van der Waals surface area contributed by atoms with Crippen molar-refractivity contribution >= 4 is 11.9 Å². The Bertz CT molecular complexity index is 345. The predicted octanol–water partition coefficient (Wildman–Crippen LogP) is 0.958. The van der Waals surface area contributed by atoms with E-state index in [0.717, 1.165) is 13.0 Å². The number of nitrogens with one attached hydrogen (secondary N) is 1. The summed E-state index contributed by atoms with van der Waals surface area (Å²) < 4.78 is 1.87. The Morgan fingerprint density at radius 3 is 3.23 bits per heavy atom. The van der Waals surface area contributed by atoms with E-state index in [-0.39, 0.29) is 5.69 Å². The molecule has 1 aromatic rings. The maximum atomic E-state index is 10.6. The zero-order valence-electron chi connectivity index (χ0n) is 7.32. The van der Waals surface area contributed by atoms with Gasteiger partial charge in [-0.3, -0.25) is 0 Å². The number of carboxylic acids is 1. The van der Waals surface area contributed by atoms with Gasteiger partial charge in [0.2, 0.25) is 5.95 Å². The van der Waals surface area contributed by atoms with E-state index in [0.29, 0.717) is 12.0 Å². The molecule has 5 nitrogen and oxygen atoms in total. The van der Waals surface area contributed by atoms with Crippen LogP contribution >= 0.6 is 0 Å². The molecular formula is C8H11N3O2. The number of aromatic nitrogens is 2. The SMILES string of the molecule is CC1CCNc2nc(C(=O)O)cn21. The maximum absolute atomic E-state index is 10.6. The lowest BCUT2D eigenvalue weighted by Gasteiger charge is -2.22. The summed E-state index contributed by atoms with van der Waals surface area (Å²) in [6.07, 6.45) is 2.58. The van der Waals surface area contributed by atoms with Crippen molar-refractivity contribution in [2.24, 2.45) is 0 Å². The van der Waals surface area contributed by atoms with Gasteiger partial charge in [-0.2, -0.15) is 0 Å². The van der Waals surface area contributed by atoms with E-state index in [1.54, 1.807) is 6.20 Å². The summed E-state index contributed by atoms with van der Waals surface area (Å²) >= 11 is 0. The van der Waals surface area contributed by atoms with Gasteiger partial charge in [0.1, 0.15) is 0 Å². The summed E-state index contributed by atoms with van der Waals surface area (Å²) in [5.74, 6) is -0.313. The molecule has 2 N–H and O–H groups in total. The Kier molecular flexibility index (Phi) is 1.72. The first-order chi connectivity index (χ1) is 6.18. The molecule has 1 atom stereocenters. The number of nitrogens with zero attached hydrogens (tertiary/aromatic N) is 2. The largest absolute Gasteiger partial charge is 0.476 e. The number of hydrogen-bond acceptors (Lipinski definition) is 3. The number of rotatable bonds is 1. The molecule has 1 aliphatic heterocycles. The first-order valence-corrected chi connectivity index (χ1v) is 4.24. The zero-order valence-corrected chi connectivity index (χ0v) is 7.32. The van der Waals surface area contributed by atoms with Crippen molar-refractivity contribution in [3.8, 4) is 0 Å². The van der Waals surface area contributed by atoms with Gasteiger partial charge in [-0.1, -0.05) is 0 Å². The van der Waals surface area contributed by atoms with Gasteiger partial charge in [0.25, 0.3) is 0 Å². The van der Waals surface area contributed by atoms with Gasteiger partial charge in [0, 0.05) is 18.8 Å². The fraction of sp³-hybridized carbons (Fsp3) is 0.500. The van der Waals surface area contributed by atoms with Crippen molar-refractivity contribution in [3.63, 3.8) is 0 Å². The molecule has 5 heteroatoms. The van der Waals surface area contributed by atoms with Crippen LogP contribution in [-0.2, 0) is 0 Å². The Morgan fingerprint density at radius 2 is 2.62 bits per heavy atom. The summed E-state index contributed by atoms with van der Waals surface area (Å²) in [5.41, 5.74) is 0.108. The van der Waals surface area contributed by atoms with E-state index >= 15 is 0 Å². The highest BCUT2D eigenvalue weighted by molar-refractivity contribution is 5.85. The third-order valence-corrected chi connectivity index (χ3v) is 2.27. The van der Waals surface area contributed by atoms with Gasteiger partial charge >= 0.3 is 5.97 Å². The van der Waals surface area contributed by atoms with Gasteiger partial charge in [0.05, 0.1) is 0 Å². The molecule has 0 spiro atoms. The smallest absolute Gasteiger partial charge is 0.356 e. The second-order valence-corrected chi connectivity index (χ2v) is 3.23. The molecule has 2 rings (SSSR count). The number of anilines is 1. The number of carbonyl (C=O) groups is 1. The predicted molar refractivity (Wildman–Crippen MR) is 47.0 cm³/mol. The molecule has 0 radical (unpaired) electrons. The van der Waals surface area contributed by atoms with Gasteiger partial charge in [-0.15, -0.1) is 0 Å². The van der Waals surface area contributed by atoms with Crippen LogP contribution in [0.15, 0.2) is 6.20 Å². The number of imidazole rings is 1. The minimum absolute atomic E-state index is 0.108. The van der Waals surface area contributed by atoms with Crippen LogP contribution in [0.2, 0.25) is 0 Å². The van der Waals surface area contributed by atoms with Crippen LogP contribution in [0, 0.1) is 0 Å². The molecule has 2 heterocycles. The lowest BCUT2D eigenvalue weighted by Crippen LogP contribution is -2.20. The standard InChI is InChI=1S/C8H11N3O2/c1-5-2-3-9-8-10-6(7(12)13)4-11(5)8/h4-5H,2-3H2,1H3,(H,9,10)(H,12,13). The highest BCUT2D eigenvalue weighted by Gasteiger charge is 2.19. The summed E-state index contributed by atoms with van der Waals surface area (Å²) in [7, 11) is 0. The van der Waals surface area contributed by atoms with E-state index in [2.05, 4.69) is 17.2 Å². The van der Waals surface area contributed by atoms with E-state index in [4.69, 9.17) is 5.11 Å². The molecule has 0 aromatic carbocycles. The van der Waals surface area contributed by atoms with Crippen LogP contribution in [0.4, 0.5) is 5.95 Å². The van der Waals surface area contributed by atoms with Crippen LogP contribution in [0.25, 0.3) is 0 Å². The summed E-state index contributed by atoms with van der Waals surface area (Å²) in [5, 5.41) is 11.8. The van der Waals surface area contributed by atoms with E-state index in [9.17, 15) is 4.79 Å². The fourth-order valence-electron chi connectivity index (χ4n) is 1.50. The van der Waals surface area contributed by atoms with Gasteiger partial charge < -0.3 is 15.0 Å². The molecular weight excluding hydrogens is 170 g/mol. The van der Waals surface area contributed by atoms with Crippen LogP contribution < -0.4 is 5.32 Å². The van der Waals surface area contributed by atoms with Gasteiger partial charge in [-0.25, -0.2) is 9.78 Å². The third kappa shape index (κ3) is 1.26. The van der Waals surface area contributed by atoms with Crippen LogP contribution in [0.3, 0.4) is 0 Å². The molecule has 0 aliphatic carbocycles. The quantitative estimate of drug-likeness (QED) is 0.677. The number of carboxylic acid groups (broad SMARTS) is 1. The highest BCUT2D eigenvalue weighted by Crippen LogP contribution is 2.22. The van der Waals surface area contributed by atoms with Crippen LogP contribution in [0.1, 0.15) is 29.9 Å². The minimum atomic E-state index is -0.976. The maximum Gasteiger partial charge on any atom is 0.356 e. The van der Waals surface area contributed by atoms with Crippen molar-refractivity contribution in [1.82, 2.24) is 9.55 Å². The van der Waals surface area contributed by atoms with Crippen LogP contribution in [0.5, 0.6) is 0 Å². The Hall–Kier alpha value is -1.52. The molecule has 0 bridgehead atoms. The Morgan fingerprint density at radius 1 is 1.85 bits per heavy atom. The van der Waals surface area contributed by atoms with Gasteiger partial charge in [0.15, 0.2) is 5.69 Å². The lowest BCUT2D eigenvalue weighted by molar-refractivity contribution is 0.0691. The molecule has 0 amide bonds. The van der Waals surface area contributed by atoms with Crippen molar-refractivity contribution < 1.29 is 9.90 Å². The van der Waals surface area contributed by atoms with Crippen molar-refractivity contribution in [1.29, 1.82) is 0 Å². The molecule has 0 saturated heterocycles. The molecule has 0 fully saturated rings. The van der Waals surface area contributed by atoms with Crippen molar-refractivity contribution in [3.05, 3.63) is 11.9 Å². The van der Waals surface area contributed by atoms with Crippen LogP contribution in [-0.4, -0.2) is 27.2 Å².